The van der Waals surface area contributed by atoms with E-state index in [1.165, 1.54) is 10.5 Å². The molecule has 13 nitrogen and oxygen atoms in total. The number of fused-ring (bicyclic) bond motifs is 1. The van der Waals surface area contributed by atoms with E-state index >= 15 is 0 Å². The number of thiazole rings is 1. The molecule has 0 bridgehead atoms. The number of amides is 3. The van der Waals surface area contributed by atoms with Gasteiger partial charge < -0.3 is 35.6 Å². The highest BCUT2D eigenvalue weighted by Gasteiger charge is 2.44. The summed E-state index contributed by atoms with van der Waals surface area (Å²) in [5.74, 6) is -0.395. The summed E-state index contributed by atoms with van der Waals surface area (Å²) in [6, 6.07) is 15.4. The maximum Gasteiger partial charge on any atom is 0.246 e. The molecule has 0 spiro atoms. The zero-order chi connectivity index (χ0) is 40.3. The van der Waals surface area contributed by atoms with Gasteiger partial charge >= 0.3 is 0 Å². The van der Waals surface area contributed by atoms with Crippen molar-refractivity contribution >= 4 is 40.1 Å². The number of β-amino-alcohol motifs (C(OH)–C–C–N with tert-alkyl or cyclic N) is 1. The maximum atomic E-state index is 14.1. The Morgan fingerprint density at radius 2 is 1.81 bits per heavy atom. The summed E-state index contributed by atoms with van der Waals surface area (Å²) in [6.07, 6.45) is 4.16. The molecule has 0 aliphatic carbocycles. The first-order valence-corrected chi connectivity index (χ1v) is 20.6. The van der Waals surface area contributed by atoms with Crippen LogP contribution in [-0.4, -0.2) is 102 Å². The number of H-pyrrole nitrogens is 1. The van der Waals surface area contributed by atoms with Crippen molar-refractivity contribution in [3.8, 4) is 27.4 Å². The Labute approximate surface area is 336 Å². The Kier molecular flexibility index (Phi) is 12.0. The number of hydrogen-bond donors (Lipinski definition) is 5. The number of phenols is 1. The van der Waals surface area contributed by atoms with Crippen LogP contribution in [0, 0.1) is 12.3 Å². The number of phenolic OH excluding ortho intramolecular Hbond substituents is 1. The minimum atomic E-state index is -0.865. The van der Waals surface area contributed by atoms with E-state index in [2.05, 4.69) is 35.7 Å². The molecule has 2 saturated heterocycles. The number of likely N-dealkylation sites (tertiary alicyclic amines) is 2. The van der Waals surface area contributed by atoms with Crippen molar-refractivity contribution < 1.29 is 24.6 Å². The molecule has 5 N–H and O–H groups in total. The molecule has 0 saturated carbocycles. The van der Waals surface area contributed by atoms with Gasteiger partial charge in [-0.15, -0.1) is 21.5 Å². The van der Waals surface area contributed by atoms with E-state index in [1.807, 2.05) is 81.9 Å². The van der Waals surface area contributed by atoms with Crippen LogP contribution < -0.4 is 10.6 Å². The second-order valence-corrected chi connectivity index (χ2v) is 17.3. The van der Waals surface area contributed by atoms with Crippen LogP contribution in [0.25, 0.3) is 32.7 Å². The van der Waals surface area contributed by atoms with Gasteiger partial charge in [0, 0.05) is 43.1 Å². The molecule has 2 aliphatic heterocycles. The van der Waals surface area contributed by atoms with E-state index in [0.717, 1.165) is 65.2 Å². The number of nitrogens with zero attached hydrogens (tertiary/aromatic N) is 5. The molecular formula is C43H52N8O5S. The third-order valence-corrected chi connectivity index (χ3v) is 12.2. The zero-order valence-corrected chi connectivity index (χ0v) is 33.8. The number of aryl methyl sites for hydroxylation is 1. The third-order valence-electron chi connectivity index (χ3n) is 11.3. The summed E-state index contributed by atoms with van der Waals surface area (Å²) in [5.41, 5.74) is 7.36. The SMILES string of the molecule is Cc1ncsc1-c1ccc(CNC(=O)[C@@H]2C[C@@H](O)CN2C(=O)[C@@H](NC(=O)CCCN2CCC(c3c[nH]c4nnc(-c5ccccc5O)cc34)CC2)C(C)(C)C)cc1. The molecule has 57 heavy (non-hydrogen) atoms. The van der Waals surface area contributed by atoms with Gasteiger partial charge in [0.2, 0.25) is 17.7 Å². The maximum absolute atomic E-state index is 14.1. The van der Waals surface area contributed by atoms with Crippen molar-refractivity contribution in [3.63, 3.8) is 0 Å². The highest BCUT2D eigenvalue weighted by molar-refractivity contribution is 7.13. The van der Waals surface area contributed by atoms with Gasteiger partial charge in [0.05, 0.1) is 27.9 Å². The van der Waals surface area contributed by atoms with Crippen LogP contribution in [0.3, 0.4) is 0 Å². The highest BCUT2D eigenvalue weighted by atomic mass is 32.1. The van der Waals surface area contributed by atoms with E-state index in [9.17, 15) is 24.6 Å². The first kappa shape index (κ1) is 40.0. The number of para-hydroxylation sites is 1. The topological polar surface area (TPSA) is 177 Å². The summed E-state index contributed by atoms with van der Waals surface area (Å²) in [7, 11) is 0. The van der Waals surface area contributed by atoms with Crippen molar-refractivity contribution in [2.24, 2.45) is 5.41 Å². The molecule has 7 rings (SSSR count). The van der Waals surface area contributed by atoms with Crippen LogP contribution in [-0.2, 0) is 20.9 Å². The van der Waals surface area contributed by atoms with Crippen molar-refractivity contribution in [1.29, 1.82) is 0 Å². The molecule has 0 radical (unpaired) electrons. The lowest BCUT2D eigenvalue weighted by Crippen LogP contribution is -2.57. The Morgan fingerprint density at radius 3 is 2.51 bits per heavy atom. The quantitative estimate of drug-likeness (QED) is 0.109. The largest absolute Gasteiger partial charge is 0.507 e. The zero-order valence-electron chi connectivity index (χ0n) is 33.0. The van der Waals surface area contributed by atoms with Crippen LogP contribution in [0.5, 0.6) is 5.75 Å². The third kappa shape index (κ3) is 9.19. The van der Waals surface area contributed by atoms with Crippen LogP contribution in [0.1, 0.15) is 75.6 Å². The number of aromatic nitrogens is 4. The average Bonchev–Trinajstić information content (AvgIpc) is 3.94. The summed E-state index contributed by atoms with van der Waals surface area (Å²) >= 11 is 1.58. The van der Waals surface area contributed by atoms with Gasteiger partial charge in [-0.2, -0.15) is 0 Å². The second kappa shape index (κ2) is 17.1. The highest BCUT2D eigenvalue weighted by Crippen LogP contribution is 2.35. The number of rotatable bonds is 12. The van der Waals surface area contributed by atoms with Crippen LogP contribution >= 0.6 is 11.3 Å². The minimum Gasteiger partial charge on any atom is -0.507 e. The monoisotopic (exact) mass is 792 g/mol. The summed E-state index contributed by atoms with van der Waals surface area (Å²) in [4.78, 5) is 53.4. The number of aliphatic hydroxyl groups excluding tert-OH is 1. The van der Waals surface area contributed by atoms with Gasteiger partial charge in [0.25, 0.3) is 0 Å². The first-order valence-electron chi connectivity index (χ1n) is 19.8. The molecule has 5 aromatic rings. The molecule has 3 aromatic heterocycles. The predicted molar refractivity (Wildman–Crippen MR) is 220 cm³/mol. The standard InChI is InChI=1S/C43H52N8O5S/c1-26-38(57-25-46-26)29-13-11-27(12-14-29)22-45-41(55)35-20-30(52)24-51(35)42(56)39(43(2,3)4)47-37(54)10-7-17-50-18-15-28(16-19-50)33-23-44-40-32(33)21-34(48-49-40)31-8-5-6-9-36(31)53/h5-6,8-9,11-14,21,23,25,28,30,35,39,52-53H,7,10,15-20,22,24H2,1-4H3,(H,44,49)(H,45,55)(H,47,54)/t30-,35+,39-/m1/s1. The minimum absolute atomic E-state index is 0.0297. The van der Waals surface area contributed by atoms with Gasteiger partial charge in [-0.1, -0.05) is 57.2 Å². The molecule has 5 heterocycles. The van der Waals surface area contributed by atoms with Gasteiger partial charge in [-0.3, -0.25) is 14.4 Å². The van der Waals surface area contributed by atoms with Gasteiger partial charge in [0.15, 0.2) is 5.65 Å². The van der Waals surface area contributed by atoms with Crippen molar-refractivity contribution in [2.75, 3.05) is 26.2 Å². The number of benzene rings is 2. The Hall–Kier alpha value is -5.18. The number of aliphatic hydroxyl groups is 1. The molecule has 2 aromatic carbocycles. The normalized spacial score (nSPS) is 18.5. The second-order valence-electron chi connectivity index (χ2n) is 16.4. The lowest BCUT2D eigenvalue weighted by atomic mass is 9.85. The number of aromatic hydroxyl groups is 1. The van der Waals surface area contributed by atoms with E-state index in [0.29, 0.717) is 23.6 Å². The Bertz CT molecular complexity index is 2200. The fourth-order valence-electron chi connectivity index (χ4n) is 8.05. The summed E-state index contributed by atoms with van der Waals surface area (Å²) < 4.78 is 0. The Balaban J connectivity index is 0.893. The number of nitrogens with one attached hydrogen (secondary N) is 3. The first-order chi connectivity index (χ1) is 27.4. The molecule has 300 valence electrons. The molecule has 3 atom stereocenters. The van der Waals surface area contributed by atoms with Crippen LogP contribution in [0.15, 0.2) is 66.3 Å². The summed E-state index contributed by atoms with van der Waals surface area (Å²) in [5, 5.41) is 36.6. The number of aromatic amines is 1. The van der Waals surface area contributed by atoms with Crippen molar-refractivity contribution in [1.82, 2.24) is 40.6 Å². The smallest absolute Gasteiger partial charge is 0.246 e. The fourth-order valence-corrected chi connectivity index (χ4v) is 8.86. The molecular weight excluding hydrogens is 741 g/mol. The van der Waals surface area contributed by atoms with E-state index in [1.54, 1.807) is 23.5 Å². The van der Waals surface area contributed by atoms with Gasteiger partial charge in [0.1, 0.15) is 17.8 Å². The van der Waals surface area contributed by atoms with E-state index in [4.69, 9.17) is 0 Å². The predicted octanol–water partition coefficient (Wildman–Crippen LogP) is 5.53. The lowest BCUT2D eigenvalue weighted by Gasteiger charge is -2.35. The van der Waals surface area contributed by atoms with Crippen molar-refractivity contribution in [3.05, 3.63) is 83.1 Å². The number of carbonyl (C=O) groups is 3. The number of hydrogen-bond acceptors (Lipinski definition) is 10. The van der Waals surface area contributed by atoms with E-state index in [-0.39, 0.29) is 49.4 Å². The van der Waals surface area contributed by atoms with Crippen LogP contribution in [0.2, 0.25) is 0 Å². The van der Waals surface area contributed by atoms with E-state index < -0.39 is 23.6 Å². The van der Waals surface area contributed by atoms with Gasteiger partial charge in [-0.25, -0.2) is 4.98 Å². The number of piperidine rings is 1. The fraction of sp³-hybridized carbons (Fsp3) is 0.442. The summed E-state index contributed by atoms with van der Waals surface area (Å²) in [6.45, 7) is 10.5. The molecule has 0 unspecified atom stereocenters. The lowest BCUT2D eigenvalue weighted by molar-refractivity contribution is -0.144. The number of carbonyl (C=O) groups excluding carboxylic acids is 3. The molecule has 14 heteroatoms. The van der Waals surface area contributed by atoms with Gasteiger partial charge in [-0.05, 0) is 92.0 Å². The average molecular weight is 793 g/mol. The molecule has 3 amide bonds. The Morgan fingerprint density at radius 1 is 1.05 bits per heavy atom. The molecule has 2 fully saturated rings. The van der Waals surface area contributed by atoms with Crippen LogP contribution in [0.4, 0.5) is 0 Å². The molecule has 2 aliphatic rings. The van der Waals surface area contributed by atoms with Crippen molar-refractivity contribution in [2.45, 2.75) is 90.4 Å².